The van der Waals surface area contributed by atoms with Crippen LogP contribution in [0.25, 0.3) is 0 Å². The number of aryl methyl sites for hydroxylation is 1. The third kappa shape index (κ3) is 5.04. The van der Waals surface area contributed by atoms with Crippen molar-refractivity contribution in [1.82, 2.24) is 15.2 Å². The maximum atomic E-state index is 13.0. The number of rotatable bonds is 5. The molecule has 7 nitrogen and oxygen atoms in total. The first-order valence-corrected chi connectivity index (χ1v) is 10.3. The summed E-state index contributed by atoms with van der Waals surface area (Å²) in [6.45, 7) is 5.97. The van der Waals surface area contributed by atoms with Crippen molar-refractivity contribution in [3.63, 3.8) is 0 Å². The number of nitrogens with zero attached hydrogens (tertiary/aromatic N) is 1. The number of amides is 2. The van der Waals surface area contributed by atoms with Gasteiger partial charge in [0, 0.05) is 13.0 Å². The lowest BCUT2D eigenvalue weighted by Crippen LogP contribution is -2.55. The average Bonchev–Trinajstić information content (AvgIpc) is 2.59. The first-order valence-electron chi connectivity index (χ1n) is 8.89. The highest BCUT2D eigenvalue weighted by Crippen LogP contribution is 2.25. The zero-order valence-electron chi connectivity index (χ0n) is 15.5. The van der Waals surface area contributed by atoms with E-state index in [0.717, 1.165) is 12.0 Å². The largest absolute Gasteiger partial charge is 0.273 e. The fourth-order valence-electron chi connectivity index (χ4n) is 2.94. The fraction of sp³-hybridized carbons (Fsp3) is 0.556. The van der Waals surface area contributed by atoms with Crippen LogP contribution in [0.3, 0.4) is 0 Å². The van der Waals surface area contributed by atoms with E-state index < -0.39 is 22.0 Å². The number of hydrogen-bond donors (Lipinski definition) is 2. The summed E-state index contributed by atoms with van der Waals surface area (Å²) in [5, 5.41) is 0. The highest BCUT2D eigenvalue weighted by atomic mass is 32.2. The quantitative estimate of drug-likeness (QED) is 0.759. The van der Waals surface area contributed by atoms with Gasteiger partial charge in [-0.2, -0.15) is 4.31 Å². The van der Waals surface area contributed by atoms with Gasteiger partial charge < -0.3 is 0 Å². The number of hydrogen-bond acceptors (Lipinski definition) is 4. The SMILES string of the molecule is Cc1ccc(S(=O)(=O)N2CCCCC2C(=O)NNC(=O)CC(C)C)cc1. The minimum Gasteiger partial charge on any atom is -0.273 e. The molecule has 0 aromatic heterocycles. The van der Waals surface area contributed by atoms with E-state index in [0.29, 0.717) is 12.8 Å². The zero-order valence-corrected chi connectivity index (χ0v) is 16.3. The third-order valence-electron chi connectivity index (χ3n) is 4.30. The van der Waals surface area contributed by atoms with E-state index in [1.165, 1.54) is 4.31 Å². The van der Waals surface area contributed by atoms with Crippen molar-refractivity contribution in [2.24, 2.45) is 5.92 Å². The molecule has 1 aromatic carbocycles. The molecule has 1 atom stereocenters. The Hall–Kier alpha value is -1.93. The second-order valence-corrected chi connectivity index (χ2v) is 8.97. The minimum atomic E-state index is -3.77. The second-order valence-electron chi connectivity index (χ2n) is 7.08. The van der Waals surface area contributed by atoms with Gasteiger partial charge in [-0.3, -0.25) is 20.4 Å². The summed E-state index contributed by atoms with van der Waals surface area (Å²) in [5.74, 6) is -0.630. The van der Waals surface area contributed by atoms with Crippen LogP contribution < -0.4 is 10.9 Å². The summed E-state index contributed by atoms with van der Waals surface area (Å²) in [6.07, 6.45) is 2.18. The summed E-state index contributed by atoms with van der Waals surface area (Å²) >= 11 is 0. The molecule has 144 valence electrons. The summed E-state index contributed by atoms with van der Waals surface area (Å²) in [5.41, 5.74) is 5.71. The van der Waals surface area contributed by atoms with Gasteiger partial charge in [-0.25, -0.2) is 8.42 Å². The number of carbonyl (C=O) groups is 2. The molecule has 8 heteroatoms. The molecular weight excluding hydrogens is 354 g/mol. The molecule has 1 fully saturated rings. The maximum absolute atomic E-state index is 13.0. The van der Waals surface area contributed by atoms with Crippen molar-refractivity contribution < 1.29 is 18.0 Å². The Kier molecular flexibility index (Phi) is 6.77. The average molecular weight is 381 g/mol. The summed E-state index contributed by atoms with van der Waals surface area (Å²) in [4.78, 5) is 24.4. The molecule has 0 spiro atoms. The van der Waals surface area contributed by atoms with Gasteiger partial charge in [0.25, 0.3) is 5.91 Å². The van der Waals surface area contributed by atoms with E-state index in [2.05, 4.69) is 10.9 Å². The standard InChI is InChI=1S/C18H27N3O4S/c1-13(2)12-17(22)19-20-18(23)16-6-4-5-11-21(16)26(24,25)15-9-7-14(3)8-10-15/h7-10,13,16H,4-6,11-12H2,1-3H3,(H,19,22)(H,20,23). The molecule has 1 aliphatic rings. The molecule has 1 heterocycles. The molecule has 1 unspecified atom stereocenters. The van der Waals surface area contributed by atoms with Crippen LogP contribution in [0.5, 0.6) is 0 Å². The molecule has 2 amide bonds. The van der Waals surface area contributed by atoms with Crippen molar-refractivity contribution in [3.05, 3.63) is 29.8 Å². The van der Waals surface area contributed by atoms with Crippen LogP contribution in [0.2, 0.25) is 0 Å². The van der Waals surface area contributed by atoms with E-state index >= 15 is 0 Å². The van der Waals surface area contributed by atoms with Crippen molar-refractivity contribution in [2.75, 3.05) is 6.54 Å². The van der Waals surface area contributed by atoms with Gasteiger partial charge in [0.2, 0.25) is 15.9 Å². The van der Waals surface area contributed by atoms with Crippen molar-refractivity contribution in [1.29, 1.82) is 0 Å². The van der Waals surface area contributed by atoms with Crippen molar-refractivity contribution in [2.45, 2.75) is 57.4 Å². The van der Waals surface area contributed by atoms with Crippen molar-refractivity contribution >= 4 is 21.8 Å². The van der Waals surface area contributed by atoms with Crippen LogP contribution in [0.15, 0.2) is 29.2 Å². The smallest absolute Gasteiger partial charge is 0.256 e. The zero-order chi connectivity index (χ0) is 19.3. The molecule has 2 rings (SSSR count). The number of nitrogens with one attached hydrogen (secondary N) is 2. The Labute approximate surface area is 155 Å². The molecule has 0 saturated carbocycles. The number of carbonyl (C=O) groups excluding carboxylic acids is 2. The normalized spacial score (nSPS) is 18.5. The monoisotopic (exact) mass is 381 g/mol. The van der Waals surface area contributed by atoms with Gasteiger partial charge in [-0.1, -0.05) is 38.0 Å². The van der Waals surface area contributed by atoms with Crippen LogP contribution in [0.1, 0.15) is 45.1 Å². The van der Waals surface area contributed by atoms with Crippen LogP contribution in [-0.4, -0.2) is 37.1 Å². The predicted molar refractivity (Wildman–Crippen MR) is 98.5 cm³/mol. The van der Waals surface area contributed by atoms with Gasteiger partial charge in [0.1, 0.15) is 6.04 Å². The number of benzene rings is 1. The Morgan fingerprint density at radius 3 is 2.42 bits per heavy atom. The van der Waals surface area contributed by atoms with E-state index in [-0.39, 0.29) is 29.7 Å². The Balaban J connectivity index is 2.12. The number of piperidine rings is 1. The highest BCUT2D eigenvalue weighted by molar-refractivity contribution is 7.89. The maximum Gasteiger partial charge on any atom is 0.256 e. The predicted octanol–water partition coefficient (Wildman–Crippen LogP) is 1.73. The van der Waals surface area contributed by atoms with E-state index in [1.807, 2.05) is 20.8 Å². The van der Waals surface area contributed by atoms with Gasteiger partial charge in [0.15, 0.2) is 0 Å². The molecule has 0 aliphatic carbocycles. The number of hydrazine groups is 1. The first kappa shape index (κ1) is 20.4. The minimum absolute atomic E-state index is 0.167. The molecule has 1 aromatic rings. The van der Waals surface area contributed by atoms with Crippen molar-refractivity contribution in [3.8, 4) is 0 Å². The Bertz CT molecular complexity index is 744. The van der Waals surface area contributed by atoms with Crippen LogP contribution >= 0.6 is 0 Å². The molecule has 2 N–H and O–H groups in total. The molecular formula is C18H27N3O4S. The molecule has 1 saturated heterocycles. The summed E-state index contributed by atoms with van der Waals surface area (Å²) in [7, 11) is -3.77. The van der Waals surface area contributed by atoms with Crippen LogP contribution in [0.4, 0.5) is 0 Å². The van der Waals surface area contributed by atoms with E-state index in [4.69, 9.17) is 0 Å². The molecule has 26 heavy (non-hydrogen) atoms. The van der Waals surface area contributed by atoms with Gasteiger partial charge in [-0.15, -0.1) is 0 Å². The lowest BCUT2D eigenvalue weighted by Gasteiger charge is -2.33. The topological polar surface area (TPSA) is 95.6 Å². The highest BCUT2D eigenvalue weighted by Gasteiger charge is 2.37. The lowest BCUT2D eigenvalue weighted by atomic mass is 10.0. The molecule has 1 aliphatic heterocycles. The van der Waals surface area contributed by atoms with Gasteiger partial charge in [0.05, 0.1) is 4.90 Å². The third-order valence-corrected chi connectivity index (χ3v) is 6.23. The summed E-state index contributed by atoms with van der Waals surface area (Å²) < 4.78 is 27.2. The Morgan fingerprint density at radius 2 is 1.81 bits per heavy atom. The number of sulfonamides is 1. The second kappa shape index (κ2) is 8.64. The van der Waals surface area contributed by atoms with E-state index in [9.17, 15) is 18.0 Å². The summed E-state index contributed by atoms with van der Waals surface area (Å²) in [6, 6.07) is 5.75. The Morgan fingerprint density at radius 1 is 1.15 bits per heavy atom. The van der Waals surface area contributed by atoms with Gasteiger partial charge >= 0.3 is 0 Å². The van der Waals surface area contributed by atoms with Crippen LogP contribution in [-0.2, 0) is 19.6 Å². The first-order chi connectivity index (χ1) is 12.2. The lowest BCUT2D eigenvalue weighted by molar-refractivity contribution is -0.132. The van der Waals surface area contributed by atoms with Gasteiger partial charge in [-0.05, 0) is 37.8 Å². The van der Waals surface area contributed by atoms with E-state index in [1.54, 1.807) is 24.3 Å². The molecule has 0 bridgehead atoms. The molecule has 0 radical (unpaired) electrons. The van der Waals surface area contributed by atoms with Crippen LogP contribution in [0, 0.1) is 12.8 Å². The fourth-order valence-corrected chi connectivity index (χ4v) is 4.59.